The van der Waals surface area contributed by atoms with Crippen molar-refractivity contribution in [3.63, 3.8) is 0 Å². The van der Waals surface area contributed by atoms with E-state index in [2.05, 4.69) is 30.4 Å². The maximum Gasteiger partial charge on any atom is 0.122 e. The Morgan fingerprint density at radius 3 is 2.37 bits per heavy atom. The molecule has 0 unspecified atom stereocenters. The van der Waals surface area contributed by atoms with Crippen LogP contribution in [0.1, 0.15) is 18.4 Å². The van der Waals surface area contributed by atoms with Gasteiger partial charge in [-0.25, -0.2) is 0 Å². The van der Waals surface area contributed by atoms with Crippen molar-refractivity contribution < 1.29 is 5.11 Å². The molecular weight excluding hydrogens is 232 g/mol. The highest BCUT2D eigenvalue weighted by Gasteiger charge is 2.21. The molecule has 0 fully saturated rings. The summed E-state index contributed by atoms with van der Waals surface area (Å²) in [5, 5.41) is 10.1. The van der Waals surface area contributed by atoms with Crippen molar-refractivity contribution in [3.05, 3.63) is 88.8 Å². The first-order valence-corrected chi connectivity index (χ1v) is 6.56. The summed E-state index contributed by atoms with van der Waals surface area (Å²) in [6.45, 7) is 0. The molecule has 0 aromatic heterocycles. The van der Waals surface area contributed by atoms with E-state index in [0.29, 0.717) is 5.76 Å². The van der Waals surface area contributed by atoms with Crippen molar-refractivity contribution in [2.75, 3.05) is 0 Å². The maximum absolute atomic E-state index is 10.1. The average molecular weight is 248 g/mol. The van der Waals surface area contributed by atoms with Gasteiger partial charge in [0.2, 0.25) is 0 Å². The first-order chi connectivity index (χ1) is 9.33. The Bertz CT molecular complexity index is 611. The summed E-state index contributed by atoms with van der Waals surface area (Å²) in [4.78, 5) is 0. The molecule has 0 spiro atoms. The zero-order valence-corrected chi connectivity index (χ0v) is 10.7. The summed E-state index contributed by atoms with van der Waals surface area (Å²) in [5.74, 6) is 0.434. The van der Waals surface area contributed by atoms with Crippen LogP contribution in [-0.4, -0.2) is 5.11 Å². The van der Waals surface area contributed by atoms with Gasteiger partial charge in [-0.3, -0.25) is 0 Å². The number of allylic oxidation sites excluding steroid dienone is 8. The van der Waals surface area contributed by atoms with Crippen molar-refractivity contribution in [1.29, 1.82) is 0 Å². The molecule has 2 aliphatic carbocycles. The second-order valence-electron chi connectivity index (χ2n) is 4.82. The van der Waals surface area contributed by atoms with Crippen LogP contribution in [0.2, 0.25) is 0 Å². The van der Waals surface area contributed by atoms with Crippen LogP contribution in [0.4, 0.5) is 0 Å². The minimum absolute atomic E-state index is 0.434. The minimum Gasteiger partial charge on any atom is -0.507 e. The number of benzene rings is 1. The largest absolute Gasteiger partial charge is 0.507 e. The molecular formula is C18H16O. The molecule has 94 valence electrons. The van der Waals surface area contributed by atoms with Crippen molar-refractivity contribution in [1.82, 2.24) is 0 Å². The van der Waals surface area contributed by atoms with Gasteiger partial charge < -0.3 is 5.11 Å². The molecule has 1 aromatic rings. The molecule has 1 N–H and O–H groups in total. The van der Waals surface area contributed by atoms with Gasteiger partial charge in [0.15, 0.2) is 0 Å². The zero-order chi connectivity index (χ0) is 13.1. The highest BCUT2D eigenvalue weighted by Crippen LogP contribution is 2.35. The number of hydrogen-bond acceptors (Lipinski definition) is 1. The average Bonchev–Trinajstić information content (AvgIpc) is 2.48. The lowest BCUT2D eigenvalue weighted by Gasteiger charge is -2.21. The maximum atomic E-state index is 10.1. The Morgan fingerprint density at radius 2 is 1.68 bits per heavy atom. The van der Waals surface area contributed by atoms with Crippen LogP contribution in [0.3, 0.4) is 0 Å². The van der Waals surface area contributed by atoms with Gasteiger partial charge in [0.1, 0.15) is 5.76 Å². The second kappa shape index (κ2) is 5.15. The van der Waals surface area contributed by atoms with Gasteiger partial charge in [-0.2, -0.15) is 0 Å². The Morgan fingerprint density at radius 1 is 0.947 bits per heavy atom. The fourth-order valence-electron chi connectivity index (χ4n) is 2.30. The second-order valence-corrected chi connectivity index (χ2v) is 4.82. The third-order valence-electron chi connectivity index (χ3n) is 3.36. The Labute approximate surface area is 113 Å². The normalized spacial score (nSPS) is 19.8. The first-order valence-electron chi connectivity index (χ1n) is 6.56. The summed E-state index contributed by atoms with van der Waals surface area (Å²) in [6.07, 6.45) is 14.4. The summed E-state index contributed by atoms with van der Waals surface area (Å²) in [6, 6.07) is 10.1. The van der Waals surface area contributed by atoms with Gasteiger partial charge in [-0.05, 0) is 40.9 Å². The molecule has 0 heterocycles. The van der Waals surface area contributed by atoms with Gasteiger partial charge in [0.05, 0.1) is 0 Å². The number of rotatable bonds is 2. The molecule has 3 rings (SSSR count). The quantitative estimate of drug-likeness (QED) is 0.802. The number of aliphatic hydroxyl groups is 1. The lowest BCUT2D eigenvalue weighted by Crippen LogP contribution is -2.06. The SMILES string of the molecule is OC1=C(C=C2C=CCC=C2)CC1=Cc1ccccc1. The smallest absolute Gasteiger partial charge is 0.122 e. The molecule has 0 bridgehead atoms. The van der Waals surface area contributed by atoms with E-state index in [1.807, 2.05) is 36.4 Å². The highest BCUT2D eigenvalue weighted by atomic mass is 16.3. The van der Waals surface area contributed by atoms with Crippen molar-refractivity contribution in [2.24, 2.45) is 0 Å². The van der Waals surface area contributed by atoms with Crippen LogP contribution < -0.4 is 0 Å². The van der Waals surface area contributed by atoms with E-state index < -0.39 is 0 Å². The predicted molar refractivity (Wildman–Crippen MR) is 79.7 cm³/mol. The van der Waals surface area contributed by atoms with E-state index in [0.717, 1.165) is 35.1 Å². The molecule has 0 atom stereocenters. The van der Waals surface area contributed by atoms with Crippen molar-refractivity contribution >= 4 is 6.08 Å². The molecule has 0 radical (unpaired) electrons. The van der Waals surface area contributed by atoms with Gasteiger partial charge in [-0.1, -0.05) is 54.6 Å². The molecule has 1 nitrogen and oxygen atoms in total. The van der Waals surface area contributed by atoms with Crippen LogP contribution in [0.25, 0.3) is 6.08 Å². The molecule has 1 heteroatoms. The third-order valence-corrected chi connectivity index (χ3v) is 3.36. The number of aliphatic hydroxyl groups excluding tert-OH is 1. The van der Waals surface area contributed by atoms with Gasteiger partial charge in [0, 0.05) is 6.42 Å². The van der Waals surface area contributed by atoms with Crippen LogP contribution in [0, 0.1) is 0 Å². The molecule has 19 heavy (non-hydrogen) atoms. The van der Waals surface area contributed by atoms with Gasteiger partial charge in [-0.15, -0.1) is 0 Å². The van der Waals surface area contributed by atoms with E-state index in [1.165, 1.54) is 0 Å². The van der Waals surface area contributed by atoms with E-state index in [-0.39, 0.29) is 0 Å². The Balaban J connectivity index is 1.81. The van der Waals surface area contributed by atoms with Crippen molar-refractivity contribution in [3.8, 4) is 0 Å². The topological polar surface area (TPSA) is 20.2 Å². The van der Waals surface area contributed by atoms with E-state index in [9.17, 15) is 5.11 Å². The van der Waals surface area contributed by atoms with Gasteiger partial charge >= 0.3 is 0 Å². The summed E-state index contributed by atoms with van der Waals surface area (Å²) in [7, 11) is 0. The third kappa shape index (κ3) is 2.60. The molecule has 0 amide bonds. The Hall–Kier alpha value is -2.28. The highest BCUT2D eigenvalue weighted by molar-refractivity contribution is 5.65. The number of hydrogen-bond donors (Lipinski definition) is 1. The Kier molecular flexibility index (Phi) is 3.20. The van der Waals surface area contributed by atoms with Crippen LogP contribution in [-0.2, 0) is 0 Å². The van der Waals surface area contributed by atoms with E-state index >= 15 is 0 Å². The monoisotopic (exact) mass is 248 g/mol. The fraction of sp³-hybridized carbons (Fsp3) is 0.111. The van der Waals surface area contributed by atoms with Crippen LogP contribution in [0.15, 0.2) is 83.2 Å². The van der Waals surface area contributed by atoms with E-state index in [4.69, 9.17) is 0 Å². The molecule has 2 aliphatic rings. The van der Waals surface area contributed by atoms with Crippen LogP contribution >= 0.6 is 0 Å². The summed E-state index contributed by atoms with van der Waals surface area (Å²) in [5.41, 5.74) is 4.33. The molecule has 1 aromatic carbocycles. The van der Waals surface area contributed by atoms with Crippen molar-refractivity contribution in [2.45, 2.75) is 12.8 Å². The molecule has 0 aliphatic heterocycles. The predicted octanol–water partition coefficient (Wildman–Crippen LogP) is 4.73. The lowest BCUT2D eigenvalue weighted by atomic mass is 9.87. The zero-order valence-electron chi connectivity index (χ0n) is 10.7. The van der Waals surface area contributed by atoms with E-state index in [1.54, 1.807) is 0 Å². The summed E-state index contributed by atoms with van der Waals surface area (Å²) < 4.78 is 0. The standard InChI is InChI=1S/C18H16O/c19-18-16(11-14-7-3-1-4-8-14)13-17(18)12-15-9-5-2-6-10-15/h1,3-12,19H,2,13H2. The molecule has 0 saturated heterocycles. The molecule has 0 saturated carbocycles. The van der Waals surface area contributed by atoms with Gasteiger partial charge in [0.25, 0.3) is 0 Å². The summed E-state index contributed by atoms with van der Waals surface area (Å²) >= 11 is 0. The van der Waals surface area contributed by atoms with Crippen LogP contribution in [0.5, 0.6) is 0 Å². The minimum atomic E-state index is 0.434. The lowest BCUT2D eigenvalue weighted by molar-refractivity contribution is 0.399. The first kappa shape index (κ1) is 11.8. The fourth-order valence-corrected chi connectivity index (χ4v) is 2.30.